The van der Waals surface area contributed by atoms with E-state index in [2.05, 4.69) is 15.2 Å². The van der Waals surface area contributed by atoms with Crippen LogP contribution in [-0.4, -0.2) is 64.0 Å². The maximum Gasteiger partial charge on any atom is 0.256 e. The number of carbonyl (C=O) groups is 1. The Kier molecular flexibility index (Phi) is 6.58. The number of hydrogen-bond acceptors (Lipinski definition) is 7. The van der Waals surface area contributed by atoms with Gasteiger partial charge in [0, 0.05) is 25.0 Å². The fraction of sp³-hybridized carbons (Fsp3) is 0.400. The first-order valence-corrected chi connectivity index (χ1v) is 10.2. The van der Waals surface area contributed by atoms with E-state index in [1.807, 2.05) is 49.6 Å². The van der Waals surface area contributed by atoms with Crippen molar-refractivity contribution in [2.24, 2.45) is 0 Å². The average molecular weight is 416 g/mol. The number of thioether (sulfide) groups is 1. The molecule has 1 amide bonds. The van der Waals surface area contributed by atoms with Gasteiger partial charge in [0.15, 0.2) is 16.7 Å². The molecule has 0 aliphatic rings. The third-order valence-corrected chi connectivity index (χ3v) is 5.51. The van der Waals surface area contributed by atoms with E-state index in [-0.39, 0.29) is 11.7 Å². The number of nitrogens with zero attached hydrogens (tertiary/aromatic N) is 5. The van der Waals surface area contributed by atoms with Crippen LogP contribution in [0, 0.1) is 13.8 Å². The van der Waals surface area contributed by atoms with Gasteiger partial charge in [0.25, 0.3) is 5.78 Å². The highest BCUT2D eigenvalue weighted by molar-refractivity contribution is 7.99. The summed E-state index contributed by atoms with van der Waals surface area (Å²) in [6, 6.07) is 7.76. The molecule has 8 nitrogen and oxygen atoms in total. The van der Waals surface area contributed by atoms with E-state index in [9.17, 15) is 4.79 Å². The zero-order valence-corrected chi connectivity index (χ0v) is 18.1. The average Bonchev–Trinajstić information content (AvgIpc) is 3.12. The van der Waals surface area contributed by atoms with Gasteiger partial charge in [-0.15, -0.1) is 10.2 Å². The number of ether oxygens (including phenoxy) is 2. The van der Waals surface area contributed by atoms with Crippen molar-refractivity contribution in [2.75, 3.05) is 33.6 Å². The number of likely N-dealkylation sites (N-methyl/N-ethyl adjacent to an activating group) is 1. The lowest BCUT2D eigenvalue weighted by molar-refractivity contribution is -0.127. The predicted octanol–water partition coefficient (Wildman–Crippen LogP) is 2.55. The van der Waals surface area contributed by atoms with Crippen molar-refractivity contribution in [1.82, 2.24) is 24.5 Å². The number of fused-ring (bicyclic) bond motifs is 1. The second-order valence-electron chi connectivity index (χ2n) is 6.70. The van der Waals surface area contributed by atoms with Crippen LogP contribution >= 0.6 is 11.8 Å². The normalized spacial score (nSPS) is 10.9. The third-order valence-electron chi connectivity index (χ3n) is 4.60. The molecule has 0 aliphatic carbocycles. The van der Waals surface area contributed by atoms with E-state index in [1.54, 1.807) is 19.1 Å². The van der Waals surface area contributed by atoms with Gasteiger partial charge in [-0.3, -0.25) is 9.20 Å². The lowest BCUT2D eigenvalue weighted by Crippen LogP contribution is -2.30. The van der Waals surface area contributed by atoms with Crippen molar-refractivity contribution in [1.29, 1.82) is 0 Å². The Morgan fingerprint density at radius 3 is 2.62 bits per heavy atom. The summed E-state index contributed by atoms with van der Waals surface area (Å²) in [7, 11) is 5.03. The van der Waals surface area contributed by atoms with Crippen LogP contribution < -0.4 is 9.47 Å². The smallest absolute Gasteiger partial charge is 0.256 e. The van der Waals surface area contributed by atoms with Gasteiger partial charge in [0.2, 0.25) is 5.91 Å². The van der Waals surface area contributed by atoms with Crippen LogP contribution in [0.3, 0.4) is 0 Å². The lowest BCUT2D eigenvalue weighted by Gasteiger charge is -2.17. The predicted molar refractivity (Wildman–Crippen MR) is 112 cm³/mol. The van der Waals surface area contributed by atoms with Crippen LogP contribution in [-0.2, 0) is 11.2 Å². The first-order chi connectivity index (χ1) is 13.9. The number of amides is 1. The summed E-state index contributed by atoms with van der Waals surface area (Å²) in [6.45, 7) is 4.51. The molecule has 0 fully saturated rings. The maximum absolute atomic E-state index is 12.5. The summed E-state index contributed by atoms with van der Waals surface area (Å²) < 4.78 is 12.5. The molecule has 3 rings (SSSR count). The number of aryl methyl sites for hydroxylation is 2. The first-order valence-electron chi connectivity index (χ1n) is 9.20. The van der Waals surface area contributed by atoms with Crippen LogP contribution in [0.1, 0.15) is 17.0 Å². The summed E-state index contributed by atoms with van der Waals surface area (Å²) in [5.74, 6) is 2.26. The molecule has 0 saturated carbocycles. The Morgan fingerprint density at radius 2 is 1.90 bits per heavy atom. The van der Waals surface area contributed by atoms with Crippen LogP contribution in [0.2, 0.25) is 0 Å². The van der Waals surface area contributed by atoms with Crippen molar-refractivity contribution in [2.45, 2.75) is 25.4 Å². The quantitative estimate of drug-likeness (QED) is 0.523. The molecule has 0 atom stereocenters. The van der Waals surface area contributed by atoms with Crippen LogP contribution in [0.15, 0.2) is 29.4 Å². The summed E-state index contributed by atoms with van der Waals surface area (Å²) >= 11 is 1.37. The van der Waals surface area contributed by atoms with E-state index in [0.717, 1.165) is 23.4 Å². The van der Waals surface area contributed by atoms with E-state index >= 15 is 0 Å². The zero-order valence-electron chi connectivity index (χ0n) is 17.3. The second kappa shape index (κ2) is 9.13. The van der Waals surface area contributed by atoms with Gasteiger partial charge in [-0.1, -0.05) is 17.8 Å². The summed E-state index contributed by atoms with van der Waals surface area (Å²) in [5.41, 5.74) is 2.97. The standard InChI is InChI=1S/C20H25N5O3S/c1-13-10-14(2)25-19(21-13)22-23-20(25)29-12-18(26)24(3)9-8-15-6-7-16(27-4)17(11-15)28-5/h6-7,10-11H,8-9,12H2,1-5H3. The van der Waals surface area contributed by atoms with Gasteiger partial charge in [-0.05, 0) is 44.0 Å². The van der Waals surface area contributed by atoms with Gasteiger partial charge >= 0.3 is 0 Å². The summed E-state index contributed by atoms with van der Waals surface area (Å²) in [6.07, 6.45) is 0.726. The van der Waals surface area contributed by atoms with E-state index < -0.39 is 0 Å². The van der Waals surface area contributed by atoms with Gasteiger partial charge < -0.3 is 14.4 Å². The molecule has 0 radical (unpaired) electrons. The number of hydrogen-bond donors (Lipinski definition) is 0. The number of carbonyl (C=O) groups excluding carboxylic acids is 1. The minimum absolute atomic E-state index is 0.0324. The molecule has 1 aromatic carbocycles. The van der Waals surface area contributed by atoms with Gasteiger partial charge in [-0.2, -0.15) is 0 Å². The lowest BCUT2D eigenvalue weighted by atomic mass is 10.1. The maximum atomic E-state index is 12.5. The molecule has 2 aromatic heterocycles. The molecule has 0 saturated heterocycles. The highest BCUT2D eigenvalue weighted by atomic mass is 32.2. The highest BCUT2D eigenvalue weighted by Gasteiger charge is 2.15. The third kappa shape index (κ3) is 4.79. The Morgan fingerprint density at radius 1 is 1.14 bits per heavy atom. The van der Waals surface area contributed by atoms with Crippen molar-refractivity contribution in [3.05, 3.63) is 41.2 Å². The van der Waals surface area contributed by atoms with Crippen LogP contribution in [0.5, 0.6) is 11.5 Å². The van der Waals surface area contributed by atoms with Gasteiger partial charge in [0.1, 0.15) is 0 Å². The summed E-state index contributed by atoms with van der Waals surface area (Å²) in [5, 5.41) is 8.95. The zero-order chi connectivity index (χ0) is 21.0. The van der Waals surface area contributed by atoms with Gasteiger partial charge in [-0.25, -0.2) is 4.98 Å². The number of benzene rings is 1. The van der Waals surface area contributed by atoms with E-state index in [4.69, 9.17) is 9.47 Å². The molecule has 154 valence electrons. The van der Waals surface area contributed by atoms with Crippen molar-refractivity contribution >= 4 is 23.4 Å². The Labute approximate surface area is 174 Å². The van der Waals surface area contributed by atoms with E-state index in [0.29, 0.717) is 29.0 Å². The largest absolute Gasteiger partial charge is 0.493 e. The van der Waals surface area contributed by atoms with Crippen LogP contribution in [0.25, 0.3) is 5.78 Å². The minimum Gasteiger partial charge on any atom is -0.493 e. The molecule has 2 heterocycles. The highest BCUT2D eigenvalue weighted by Crippen LogP contribution is 2.27. The Bertz CT molecular complexity index is 1020. The molecule has 0 unspecified atom stereocenters. The second-order valence-corrected chi connectivity index (χ2v) is 7.64. The first kappa shape index (κ1) is 20.9. The molecule has 29 heavy (non-hydrogen) atoms. The Hall–Kier alpha value is -2.81. The molecular weight excluding hydrogens is 390 g/mol. The molecule has 0 spiro atoms. The van der Waals surface area contributed by atoms with E-state index in [1.165, 1.54) is 11.8 Å². The molecule has 9 heteroatoms. The summed E-state index contributed by atoms with van der Waals surface area (Å²) in [4.78, 5) is 18.6. The molecular formula is C20H25N5O3S. The molecule has 0 bridgehead atoms. The van der Waals surface area contributed by atoms with Crippen molar-refractivity contribution in [3.8, 4) is 11.5 Å². The fourth-order valence-corrected chi connectivity index (χ4v) is 3.91. The van der Waals surface area contributed by atoms with Crippen LogP contribution in [0.4, 0.5) is 0 Å². The number of aromatic nitrogens is 4. The number of methoxy groups -OCH3 is 2. The minimum atomic E-state index is 0.0324. The molecule has 0 N–H and O–H groups in total. The SMILES string of the molecule is COc1ccc(CCN(C)C(=O)CSc2nnc3nc(C)cc(C)n23)cc1OC. The Balaban J connectivity index is 1.57. The molecule has 0 aliphatic heterocycles. The monoisotopic (exact) mass is 415 g/mol. The number of rotatable bonds is 8. The van der Waals surface area contributed by atoms with Crippen molar-refractivity contribution < 1.29 is 14.3 Å². The molecule has 3 aromatic rings. The topological polar surface area (TPSA) is 81.9 Å². The fourth-order valence-electron chi connectivity index (χ4n) is 2.99. The van der Waals surface area contributed by atoms with Gasteiger partial charge in [0.05, 0.1) is 20.0 Å². The van der Waals surface area contributed by atoms with Crippen molar-refractivity contribution in [3.63, 3.8) is 0 Å².